The molecule has 0 spiro atoms. The predicted octanol–water partition coefficient (Wildman–Crippen LogP) is 2.92. The maximum Gasteiger partial charge on any atom is 0.260 e. The van der Waals surface area contributed by atoms with Crippen molar-refractivity contribution in [3.05, 3.63) is 66.4 Å². The van der Waals surface area contributed by atoms with E-state index in [9.17, 15) is 4.79 Å². The lowest BCUT2D eigenvalue weighted by Gasteiger charge is -2.14. The molecule has 1 atom stereocenters. The van der Waals surface area contributed by atoms with Crippen molar-refractivity contribution in [2.75, 3.05) is 23.7 Å². The van der Waals surface area contributed by atoms with Crippen molar-refractivity contribution in [3.8, 4) is 5.75 Å². The Kier molecular flexibility index (Phi) is 6.94. The van der Waals surface area contributed by atoms with Crippen LogP contribution in [-0.4, -0.2) is 40.3 Å². The maximum absolute atomic E-state index is 12.1. The second-order valence-corrected chi connectivity index (χ2v) is 6.44. The number of amides is 1. The van der Waals surface area contributed by atoms with E-state index in [-0.39, 0.29) is 5.91 Å². The zero-order valence-corrected chi connectivity index (χ0v) is 16.4. The van der Waals surface area contributed by atoms with Crippen LogP contribution in [0.4, 0.5) is 17.5 Å². The molecule has 8 nitrogen and oxygen atoms in total. The molecule has 0 aliphatic heterocycles. The predicted molar refractivity (Wildman–Crippen MR) is 112 cm³/mol. The Morgan fingerprint density at radius 1 is 0.966 bits per heavy atom. The van der Waals surface area contributed by atoms with Crippen LogP contribution in [0.3, 0.4) is 0 Å². The molecule has 2 aromatic heterocycles. The molecule has 2 heterocycles. The van der Waals surface area contributed by atoms with Crippen LogP contribution >= 0.6 is 0 Å². The minimum absolute atomic E-state index is 0.174. The van der Waals surface area contributed by atoms with Gasteiger partial charge in [-0.05, 0) is 49.7 Å². The summed E-state index contributed by atoms with van der Waals surface area (Å²) < 4.78 is 5.59. The summed E-state index contributed by atoms with van der Waals surface area (Å²) in [4.78, 5) is 16.4. The van der Waals surface area contributed by atoms with Gasteiger partial charge in [0.05, 0.1) is 0 Å². The number of pyridine rings is 1. The van der Waals surface area contributed by atoms with Crippen molar-refractivity contribution in [1.29, 1.82) is 0 Å². The topological polar surface area (TPSA) is 101 Å². The van der Waals surface area contributed by atoms with E-state index in [0.717, 1.165) is 5.56 Å². The van der Waals surface area contributed by atoms with Crippen LogP contribution in [0.1, 0.15) is 12.5 Å². The third-order valence-electron chi connectivity index (χ3n) is 3.99. The quantitative estimate of drug-likeness (QED) is 0.481. The molecule has 0 radical (unpaired) electrons. The first kappa shape index (κ1) is 20.1. The zero-order chi connectivity index (χ0) is 20.5. The second-order valence-electron chi connectivity index (χ2n) is 6.44. The summed E-state index contributed by atoms with van der Waals surface area (Å²) in [5.74, 6) is 2.42. The number of carbonyl (C=O) groups excluding carboxylic acids is 1. The fourth-order valence-corrected chi connectivity index (χ4v) is 2.44. The number of rotatable bonds is 9. The molecule has 0 fully saturated rings. The molecular weight excluding hydrogens is 368 g/mol. The molecule has 1 aromatic carbocycles. The molecule has 0 bridgehead atoms. The van der Waals surface area contributed by atoms with E-state index in [1.807, 2.05) is 61.5 Å². The van der Waals surface area contributed by atoms with Gasteiger partial charge >= 0.3 is 0 Å². The molecule has 8 heteroatoms. The third-order valence-corrected chi connectivity index (χ3v) is 3.99. The lowest BCUT2D eigenvalue weighted by Crippen LogP contribution is -2.38. The van der Waals surface area contributed by atoms with Gasteiger partial charge in [0.2, 0.25) is 0 Å². The standard InChI is InChI=1S/C21H24N6O2/c1-15-8-9-18(24-14-15)25-20-11-10-19(26-27-20)22-12-13-23-21(28)16(2)29-17-6-4-3-5-7-17/h3-11,14,16H,12-13H2,1-2H3,(H,22,26)(H,23,28)(H,24,25,27). The van der Waals surface area contributed by atoms with E-state index in [0.29, 0.717) is 36.3 Å². The number of para-hydroxylation sites is 1. The number of aryl methyl sites for hydroxylation is 1. The molecule has 150 valence electrons. The van der Waals surface area contributed by atoms with Crippen molar-refractivity contribution >= 4 is 23.4 Å². The number of benzene rings is 1. The van der Waals surface area contributed by atoms with E-state index in [2.05, 4.69) is 31.1 Å². The second kappa shape index (κ2) is 10.0. The zero-order valence-electron chi connectivity index (χ0n) is 16.4. The summed E-state index contributed by atoms with van der Waals surface area (Å²) >= 11 is 0. The van der Waals surface area contributed by atoms with Gasteiger partial charge in [-0.1, -0.05) is 24.3 Å². The first-order valence-electron chi connectivity index (χ1n) is 9.37. The van der Waals surface area contributed by atoms with Crippen LogP contribution < -0.4 is 20.7 Å². The average Bonchev–Trinajstić information content (AvgIpc) is 2.74. The Labute approximate surface area is 169 Å². The monoisotopic (exact) mass is 392 g/mol. The normalized spacial score (nSPS) is 11.4. The largest absolute Gasteiger partial charge is 0.481 e. The molecule has 1 amide bonds. The fraction of sp³-hybridized carbons (Fsp3) is 0.238. The highest BCUT2D eigenvalue weighted by atomic mass is 16.5. The van der Waals surface area contributed by atoms with Crippen molar-refractivity contribution in [2.24, 2.45) is 0 Å². The van der Waals surface area contributed by atoms with Crippen LogP contribution in [0, 0.1) is 6.92 Å². The van der Waals surface area contributed by atoms with Gasteiger partial charge in [-0.25, -0.2) is 4.98 Å². The van der Waals surface area contributed by atoms with Gasteiger partial charge in [0.15, 0.2) is 11.9 Å². The Morgan fingerprint density at radius 2 is 1.69 bits per heavy atom. The summed E-state index contributed by atoms with van der Waals surface area (Å²) in [6.07, 6.45) is 1.21. The van der Waals surface area contributed by atoms with Crippen LogP contribution in [0.15, 0.2) is 60.8 Å². The lowest BCUT2D eigenvalue weighted by atomic mass is 10.3. The van der Waals surface area contributed by atoms with Gasteiger partial charge in [-0.15, -0.1) is 10.2 Å². The van der Waals surface area contributed by atoms with E-state index in [1.165, 1.54) is 0 Å². The highest BCUT2D eigenvalue weighted by Gasteiger charge is 2.13. The fourth-order valence-electron chi connectivity index (χ4n) is 2.44. The summed E-state index contributed by atoms with van der Waals surface area (Å²) in [5.41, 5.74) is 1.09. The molecule has 0 aliphatic carbocycles. The van der Waals surface area contributed by atoms with E-state index < -0.39 is 6.10 Å². The van der Waals surface area contributed by atoms with E-state index in [1.54, 1.807) is 13.1 Å². The minimum atomic E-state index is -0.571. The van der Waals surface area contributed by atoms with Crippen molar-refractivity contribution in [2.45, 2.75) is 20.0 Å². The number of hydrogen-bond acceptors (Lipinski definition) is 7. The van der Waals surface area contributed by atoms with Gasteiger partial charge in [0.1, 0.15) is 17.4 Å². The van der Waals surface area contributed by atoms with Crippen LogP contribution in [0.2, 0.25) is 0 Å². The van der Waals surface area contributed by atoms with Crippen molar-refractivity contribution in [3.63, 3.8) is 0 Å². The highest BCUT2D eigenvalue weighted by Crippen LogP contribution is 2.13. The van der Waals surface area contributed by atoms with E-state index >= 15 is 0 Å². The summed E-state index contributed by atoms with van der Waals surface area (Å²) in [5, 5.41) is 17.3. The Morgan fingerprint density at radius 3 is 2.38 bits per heavy atom. The Bertz CT molecular complexity index is 901. The van der Waals surface area contributed by atoms with Gasteiger partial charge in [-0.3, -0.25) is 4.79 Å². The van der Waals surface area contributed by atoms with Crippen molar-refractivity contribution in [1.82, 2.24) is 20.5 Å². The Balaban J connectivity index is 1.37. The van der Waals surface area contributed by atoms with Gasteiger partial charge in [-0.2, -0.15) is 0 Å². The molecule has 29 heavy (non-hydrogen) atoms. The molecule has 3 rings (SSSR count). The molecule has 1 unspecified atom stereocenters. The number of aromatic nitrogens is 3. The van der Waals surface area contributed by atoms with E-state index in [4.69, 9.17) is 4.74 Å². The third kappa shape index (κ3) is 6.46. The maximum atomic E-state index is 12.1. The number of ether oxygens (including phenoxy) is 1. The highest BCUT2D eigenvalue weighted by molar-refractivity contribution is 5.80. The molecule has 0 aliphatic rings. The smallest absolute Gasteiger partial charge is 0.260 e. The van der Waals surface area contributed by atoms with Crippen LogP contribution in [-0.2, 0) is 4.79 Å². The molecule has 3 aromatic rings. The number of anilines is 3. The number of carbonyl (C=O) groups is 1. The van der Waals surface area contributed by atoms with Crippen molar-refractivity contribution < 1.29 is 9.53 Å². The number of nitrogens with zero attached hydrogens (tertiary/aromatic N) is 3. The minimum Gasteiger partial charge on any atom is -0.481 e. The summed E-state index contributed by atoms with van der Waals surface area (Å²) in [6, 6.07) is 16.7. The van der Waals surface area contributed by atoms with Gasteiger partial charge in [0, 0.05) is 19.3 Å². The van der Waals surface area contributed by atoms with Gasteiger partial charge in [0.25, 0.3) is 5.91 Å². The molecule has 0 saturated carbocycles. The number of hydrogen-bond donors (Lipinski definition) is 3. The molecule has 3 N–H and O–H groups in total. The first-order chi connectivity index (χ1) is 14.1. The summed E-state index contributed by atoms with van der Waals surface area (Å²) in [6.45, 7) is 4.66. The van der Waals surface area contributed by atoms with Crippen LogP contribution in [0.25, 0.3) is 0 Å². The number of nitrogens with one attached hydrogen (secondary N) is 3. The summed E-state index contributed by atoms with van der Waals surface area (Å²) in [7, 11) is 0. The van der Waals surface area contributed by atoms with Gasteiger partial charge < -0.3 is 20.7 Å². The SMILES string of the molecule is Cc1ccc(Nc2ccc(NCCNC(=O)C(C)Oc3ccccc3)nn2)nc1. The lowest BCUT2D eigenvalue weighted by molar-refractivity contribution is -0.127. The first-order valence-corrected chi connectivity index (χ1v) is 9.37. The Hall–Kier alpha value is -3.68. The van der Waals surface area contributed by atoms with Crippen LogP contribution in [0.5, 0.6) is 5.75 Å². The molecule has 0 saturated heterocycles. The molecular formula is C21H24N6O2. The average molecular weight is 392 g/mol.